The summed E-state index contributed by atoms with van der Waals surface area (Å²) in [5.74, 6) is 2.94. The van der Waals surface area contributed by atoms with Gasteiger partial charge in [0, 0.05) is 31.5 Å². The summed E-state index contributed by atoms with van der Waals surface area (Å²) in [7, 11) is 0. The zero-order valence-electron chi connectivity index (χ0n) is 12.0. The maximum Gasteiger partial charge on any atom is 0.0795 e. The summed E-state index contributed by atoms with van der Waals surface area (Å²) in [4.78, 5) is 2.65. The number of nitrogens with zero attached hydrogens (tertiary/aromatic N) is 1. The summed E-state index contributed by atoms with van der Waals surface area (Å²) in [6.45, 7) is 5.30. The molecule has 0 aromatic carbocycles. The predicted octanol–water partition coefficient (Wildman–Crippen LogP) is 2.13. The van der Waals surface area contributed by atoms with Crippen molar-refractivity contribution in [2.24, 2.45) is 5.92 Å². The van der Waals surface area contributed by atoms with Gasteiger partial charge in [0.05, 0.1) is 11.7 Å². The molecule has 4 heteroatoms. The molecular formula is C15H27NO2S. The molecule has 0 radical (unpaired) electrons. The molecule has 1 N–H and O–H groups in total. The van der Waals surface area contributed by atoms with Crippen LogP contribution < -0.4 is 0 Å². The van der Waals surface area contributed by atoms with Crippen molar-refractivity contribution in [3.63, 3.8) is 0 Å². The lowest BCUT2D eigenvalue weighted by Crippen LogP contribution is -2.53. The lowest BCUT2D eigenvalue weighted by Gasteiger charge is -2.46. The van der Waals surface area contributed by atoms with Gasteiger partial charge in [-0.3, -0.25) is 4.90 Å². The zero-order valence-corrected chi connectivity index (χ0v) is 12.8. The molecule has 4 unspecified atom stereocenters. The van der Waals surface area contributed by atoms with Gasteiger partial charge in [-0.1, -0.05) is 6.92 Å². The van der Waals surface area contributed by atoms with Crippen molar-refractivity contribution in [1.29, 1.82) is 0 Å². The molecule has 1 spiro atoms. The van der Waals surface area contributed by atoms with Crippen LogP contribution in [-0.2, 0) is 4.74 Å². The Kier molecular flexibility index (Phi) is 4.42. The molecule has 3 heterocycles. The lowest BCUT2D eigenvalue weighted by molar-refractivity contribution is -0.101. The van der Waals surface area contributed by atoms with E-state index in [1.807, 2.05) is 0 Å². The smallest absolute Gasteiger partial charge is 0.0795 e. The van der Waals surface area contributed by atoms with Gasteiger partial charge in [-0.15, -0.1) is 0 Å². The minimum atomic E-state index is -0.0721. The fraction of sp³-hybridized carbons (Fsp3) is 1.00. The van der Waals surface area contributed by atoms with Crippen molar-refractivity contribution in [3.05, 3.63) is 0 Å². The number of hydrogen-bond acceptors (Lipinski definition) is 4. The maximum atomic E-state index is 10.0. The zero-order chi connectivity index (χ0) is 13.3. The Labute approximate surface area is 121 Å². The van der Waals surface area contributed by atoms with E-state index in [2.05, 4.69) is 23.6 Å². The monoisotopic (exact) mass is 285 g/mol. The second-order valence-corrected chi connectivity index (χ2v) is 7.61. The summed E-state index contributed by atoms with van der Waals surface area (Å²) < 4.78 is 6.12. The number of piperidine rings is 1. The van der Waals surface area contributed by atoms with Crippen molar-refractivity contribution in [2.75, 3.05) is 31.2 Å². The topological polar surface area (TPSA) is 32.7 Å². The first-order valence-corrected chi connectivity index (χ1v) is 9.02. The summed E-state index contributed by atoms with van der Waals surface area (Å²) in [6.07, 6.45) is 5.62. The van der Waals surface area contributed by atoms with Crippen LogP contribution >= 0.6 is 11.8 Å². The lowest BCUT2D eigenvalue weighted by atomic mass is 9.85. The molecule has 0 saturated carbocycles. The average Bonchev–Trinajstić information content (AvgIpc) is 2.87. The molecule has 3 rings (SSSR count). The second kappa shape index (κ2) is 5.92. The third-order valence-corrected chi connectivity index (χ3v) is 6.52. The third-order valence-electron chi connectivity index (χ3n) is 5.30. The first kappa shape index (κ1) is 14.2. The molecular weight excluding hydrogens is 258 g/mol. The fourth-order valence-corrected chi connectivity index (χ4v) is 5.34. The molecule has 3 aliphatic heterocycles. The highest BCUT2D eigenvalue weighted by Crippen LogP contribution is 2.40. The van der Waals surface area contributed by atoms with Gasteiger partial charge in [0.15, 0.2) is 0 Å². The quantitative estimate of drug-likeness (QED) is 0.842. The SMILES string of the molecule is CCC1CN(C2CCOC3(CCSC3)C2)CCC1O. The van der Waals surface area contributed by atoms with Crippen LogP contribution in [0.4, 0.5) is 0 Å². The number of aliphatic hydroxyl groups is 1. The Balaban J connectivity index is 1.62. The summed E-state index contributed by atoms with van der Waals surface area (Å²) >= 11 is 2.05. The molecule has 0 bridgehead atoms. The largest absolute Gasteiger partial charge is 0.393 e. The minimum Gasteiger partial charge on any atom is -0.393 e. The molecule has 3 saturated heterocycles. The third kappa shape index (κ3) is 2.97. The highest BCUT2D eigenvalue weighted by atomic mass is 32.2. The number of likely N-dealkylation sites (tertiary alicyclic amines) is 1. The molecule has 110 valence electrons. The Bertz CT molecular complexity index is 307. The van der Waals surface area contributed by atoms with Gasteiger partial charge < -0.3 is 9.84 Å². The van der Waals surface area contributed by atoms with E-state index in [1.54, 1.807) is 0 Å². The van der Waals surface area contributed by atoms with Crippen LogP contribution in [0.1, 0.15) is 39.0 Å². The minimum absolute atomic E-state index is 0.0721. The Morgan fingerprint density at radius 2 is 2.32 bits per heavy atom. The molecule has 0 aliphatic carbocycles. The van der Waals surface area contributed by atoms with Crippen molar-refractivity contribution < 1.29 is 9.84 Å². The fourth-order valence-electron chi connectivity index (χ4n) is 3.96. The van der Waals surface area contributed by atoms with Crippen LogP contribution in [0.5, 0.6) is 0 Å². The first-order valence-electron chi connectivity index (χ1n) is 7.86. The number of thioether (sulfide) groups is 1. The number of hydrogen-bond donors (Lipinski definition) is 1. The number of aliphatic hydroxyl groups excluding tert-OH is 1. The summed E-state index contributed by atoms with van der Waals surface area (Å²) in [6, 6.07) is 0.689. The van der Waals surface area contributed by atoms with E-state index >= 15 is 0 Å². The second-order valence-electron chi connectivity index (χ2n) is 6.50. The van der Waals surface area contributed by atoms with Crippen LogP contribution in [0.2, 0.25) is 0 Å². The maximum absolute atomic E-state index is 10.0. The molecule has 4 atom stereocenters. The van der Waals surface area contributed by atoms with E-state index in [-0.39, 0.29) is 11.7 Å². The molecule has 3 fully saturated rings. The van der Waals surface area contributed by atoms with Gasteiger partial charge in [-0.05, 0) is 43.8 Å². The molecule has 3 aliphatic rings. The molecule has 19 heavy (non-hydrogen) atoms. The van der Waals surface area contributed by atoms with Crippen molar-refractivity contribution >= 4 is 11.8 Å². The predicted molar refractivity (Wildman–Crippen MR) is 79.6 cm³/mol. The van der Waals surface area contributed by atoms with Crippen LogP contribution in [0.3, 0.4) is 0 Å². The first-order chi connectivity index (χ1) is 9.22. The molecule has 0 aromatic rings. The Morgan fingerprint density at radius 1 is 1.42 bits per heavy atom. The van der Waals surface area contributed by atoms with Crippen molar-refractivity contribution in [1.82, 2.24) is 4.90 Å². The summed E-state index contributed by atoms with van der Waals surface area (Å²) in [5, 5.41) is 10.0. The molecule has 0 amide bonds. The van der Waals surface area contributed by atoms with Gasteiger partial charge in [-0.2, -0.15) is 11.8 Å². The van der Waals surface area contributed by atoms with Gasteiger partial charge >= 0.3 is 0 Å². The Hall–Kier alpha value is 0.230. The van der Waals surface area contributed by atoms with E-state index in [1.165, 1.54) is 30.8 Å². The molecule has 0 aromatic heterocycles. The highest BCUT2D eigenvalue weighted by Gasteiger charge is 2.43. The van der Waals surface area contributed by atoms with Crippen LogP contribution in [-0.4, -0.2) is 59.0 Å². The van der Waals surface area contributed by atoms with Gasteiger partial charge in [0.1, 0.15) is 0 Å². The van der Waals surface area contributed by atoms with Crippen LogP contribution in [0.25, 0.3) is 0 Å². The molecule has 3 nitrogen and oxygen atoms in total. The normalized spacial score (nSPS) is 44.8. The van der Waals surface area contributed by atoms with Crippen LogP contribution in [0, 0.1) is 5.92 Å². The number of rotatable bonds is 2. The van der Waals surface area contributed by atoms with E-state index < -0.39 is 0 Å². The van der Waals surface area contributed by atoms with Crippen molar-refractivity contribution in [3.8, 4) is 0 Å². The number of ether oxygens (including phenoxy) is 1. The highest BCUT2D eigenvalue weighted by molar-refractivity contribution is 7.99. The van der Waals surface area contributed by atoms with E-state index in [9.17, 15) is 5.11 Å². The van der Waals surface area contributed by atoms with E-state index in [0.717, 1.165) is 32.5 Å². The van der Waals surface area contributed by atoms with E-state index in [4.69, 9.17) is 4.74 Å². The van der Waals surface area contributed by atoms with Gasteiger partial charge in [0.25, 0.3) is 0 Å². The van der Waals surface area contributed by atoms with Gasteiger partial charge in [0.2, 0.25) is 0 Å². The van der Waals surface area contributed by atoms with Crippen LogP contribution in [0.15, 0.2) is 0 Å². The van der Waals surface area contributed by atoms with Gasteiger partial charge in [-0.25, -0.2) is 0 Å². The average molecular weight is 285 g/mol. The standard InChI is InChI=1S/C15H27NO2S/c1-2-12-10-16(6-3-14(12)17)13-4-7-18-15(9-13)5-8-19-11-15/h12-14,17H,2-11H2,1H3. The van der Waals surface area contributed by atoms with E-state index in [0.29, 0.717) is 12.0 Å². The Morgan fingerprint density at radius 3 is 3.05 bits per heavy atom. The summed E-state index contributed by atoms with van der Waals surface area (Å²) in [5.41, 5.74) is 0.186. The van der Waals surface area contributed by atoms with Crippen molar-refractivity contribution in [2.45, 2.75) is 56.8 Å².